The SMILES string of the molecule is COC(=O)c1ccc(CNC(=O)C2=Cc3cc(Cl)ccc3OC2)cc1. The van der Waals surface area contributed by atoms with Crippen molar-refractivity contribution in [2.24, 2.45) is 0 Å². The smallest absolute Gasteiger partial charge is 0.337 e. The van der Waals surface area contributed by atoms with Crippen LogP contribution in [0.3, 0.4) is 0 Å². The van der Waals surface area contributed by atoms with Crippen molar-refractivity contribution in [3.8, 4) is 5.75 Å². The Hall–Kier alpha value is -2.79. The Kier molecular flexibility index (Phi) is 5.05. The molecule has 1 amide bonds. The molecule has 0 saturated heterocycles. The molecule has 0 aromatic heterocycles. The molecule has 2 aromatic carbocycles. The maximum Gasteiger partial charge on any atom is 0.337 e. The predicted octanol–water partition coefficient (Wildman–Crippen LogP) is 3.22. The summed E-state index contributed by atoms with van der Waals surface area (Å²) in [5, 5.41) is 3.43. The van der Waals surface area contributed by atoms with Gasteiger partial charge in [-0.05, 0) is 42.0 Å². The van der Waals surface area contributed by atoms with E-state index in [0.717, 1.165) is 11.1 Å². The second-order valence-electron chi connectivity index (χ2n) is 5.51. The van der Waals surface area contributed by atoms with Crippen LogP contribution in [0.5, 0.6) is 5.75 Å². The van der Waals surface area contributed by atoms with E-state index in [-0.39, 0.29) is 12.5 Å². The van der Waals surface area contributed by atoms with E-state index in [2.05, 4.69) is 10.1 Å². The highest BCUT2D eigenvalue weighted by Crippen LogP contribution is 2.28. The molecule has 0 fully saturated rings. The fourth-order valence-corrected chi connectivity index (χ4v) is 2.63. The highest BCUT2D eigenvalue weighted by molar-refractivity contribution is 6.30. The Labute approximate surface area is 150 Å². The normalized spacial score (nSPS) is 12.5. The van der Waals surface area contributed by atoms with E-state index in [1.807, 2.05) is 0 Å². The Morgan fingerprint density at radius 3 is 2.68 bits per heavy atom. The minimum absolute atomic E-state index is 0.206. The zero-order chi connectivity index (χ0) is 17.8. The molecule has 3 rings (SSSR count). The Morgan fingerprint density at radius 2 is 1.96 bits per heavy atom. The van der Waals surface area contributed by atoms with Gasteiger partial charge in [0.1, 0.15) is 12.4 Å². The van der Waals surface area contributed by atoms with Crippen LogP contribution in [0, 0.1) is 0 Å². The van der Waals surface area contributed by atoms with Crippen molar-refractivity contribution in [2.75, 3.05) is 13.7 Å². The Bertz CT molecular complexity index is 843. The molecule has 6 heteroatoms. The van der Waals surface area contributed by atoms with Crippen molar-refractivity contribution in [1.82, 2.24) is 5.32 Å². The number of methoxy groups -OCH3 is 1. The van der Waals surface area contributed by atoms with Gasteiger partial charge < -0.3 is 14.8 Å². The lowest BCUT2D eigenvalue weighted by atomic mass is 10.1. The molecular formula is C19H16ClNO4. The van der Waals surface area contributed by atoms with E-state index in [9.17, 15) is 9.59 Å². The summed E-state index contributed by atoms with van der Waals surface area (Å²) >= 11 is 5.97. The largest absolute Gasteiger partial charge is 0.488 e. The van der Waals surface area contributed by atoms with Crippen LogP contribution in [0.15, 0.2) is 48.0 Å². The first-order valence-electron chi connectivity index (χ1n) is 7.65. The average molecular weight is 358 g/mol. The van der Waals surface area contributed by atoms with E-state index in [1.165, 1.54) is 7.11 Å². The third-order valence-corrected chi connectivity index (χ3v) is 4.04. The lowest BCUT2D eigenvalue weighted by Gasteiger charge is -2.18. The quantitative estimate of drug-likeness (QED) is 0.853. The second-order valence-corrected chi connectivity index (χ2v) is 5.95. The van der Waals surface area contributed by atoms with Gasteiger partial charge in [0.25, 0.3) is 5.91 Å². The number of carbonyl (C=O) groups excluding carboxylic acids is 2. The van der Waals surface area contributed by atoms with Crippen molar-refractivity contribution < 1.29 is 19.1 Å². The molecular weight excluding hydrogens is 342 g/mol. The fourth-order valence-electron chi connectivity index (χ4n) is 2.45. The molecule has 0 atom stereocenters. The molecule has 0 aliphatic carbocycles. The third kappa shape index (κ3) is 4.00. The van der Waals surface area contributed by atoms with Gasteiger partial charge in [0.05, 0.1) is 18.2 Å². The molecule has 1 heterocycles. The molecule has 1 aliphatic rings. The molecule has 0 unspecified atom stereocenters. The van der Waals surface area contributed by atoms with E-state index < -0.39 is 5.97 Å². The summed E-state index contributed by atoms with van der Waals surface area (Å²) in [6.45, 7) is 0.557. The van der Waals surface area contributed by atoms with Crippen LogP contribution in [0.1, 0.15) is 21.5 Å². The van der Waals surface area contributed by atoms with Gasteiger partial charge >= 0.3 is 5.97 Å². The van der Waals surface area contributed by atoms with Gasteiger partial charge in [-0.15, -0.1) is 0 Å². The van der Waals surface area contributed by atoms with Crippen LogP contribution in [-0.2, 0) is 16.1 Å². The lowest BCUT2D eigenvalue weighted by molar-refractivity contribution is -0.117. The molecule has 2 aromatic rings. The number of amides is 1. The highest BCUT2D eigenvalue weighted by Gasteiger charge is 2.17. The summed E-state index contributed by atoms with van der Waals surface area (Å²) in [5.74, 6) is 0.111. The number of hydrogen-bond donors (Lipinski definition) is 1. The summed E-state index contributed by atoms with van der Waals surface area (Å²) in [6, 6.07) is 12.2. The maximum atomic E-state index is 12.3. The van der Waals surface area contributed by atoms with Gasteiger partial charge in [-0.3, -0.25) is 4.79 Å². The summed E-state index contributed by atoms with van der Waals surface area (Å²) in [5.41, 5.74) is 2.66. The number of halogens is 1. The Balaban J connectivity index is 1.64. The Morgan fingerprint density at radius 1 is 1.20 bits per heavy atom. The molecule has 0 bridgehead atoms. The van der Waals surface area contributed by atoms with Crippen molar-refractivity contribution in [3.05, 3.63) is 69.8 Å². The second kappa shape index (κ2) is 7.40. The predicted molar refractivity (Wildman–Crippen MR) is 94.6 cm³/mol. The van der Waals surface area contributed by atoms with E-state index >= 15 is 0 Å². The monoisotopic (exact) mass is 357 g/mol. The molecule has 0 saturated carbocycles. The van der Waals surface area contributed by atoms with E-state index in [0.29, 0.717) is 28.5 Å². The third-order valence-electron chi connectivity index (χ3n) is 3.80. The fraction of sp³-hybridized carbons (Fsp3) is 0.158. The summed E-state index contributed by atoms with van der Waals surface area (Å²) in [7, 11) is 1.34. The summed E-state index contributed by atoms with van der Waals surface area (Å²) < 4.78 is 10.2. The highest BCUT2D eigenvalue weighted by atomic mass is 35.5. The first-order chi connectivity index (χ1) is 12.1. The number of hydrogen-bond acceptors (Lipinski definition) is 4. The van der Waals surface area contributed by atoms with Gasteiger partial charge in [0.2, 0.25) is 0 Å². The molecule has 25 heavy (non-hydrogen) atoms. The number of benzene rings is 2. The van der Waals surface area contributed by atoms with Gasteiger partial charge in [-0.25, -0.2) is 4.79 Å². The lowest BCUT2D eigenvalue weighted by Crippen LogP contribution is -2.28. The molecule has 5 nitrogen and oxygen atoms in total. The molecule has 128 valence electrons. The minimum Gasteiger partial charge on any atom is -0.488 e. The summed E-state index contributed by atoms with van der Waals surface area (Å²) in [6.07, 6.45) is 1.78. The van der Waals surface area contributed by atoms with Crippen molar-refractivity contribution in [3.63, 3.8) is 0 Å². The first kappa shape index (κ1) is 17.0. The molecule has 1 aliphatic heterocycles. The number of fused-ring (bicyclic) bond motifs is 1. The zero-order valence-electron chi connectivity index (χ0n) is 13.5. The number of ether oxygens (including phenoxy) is 2. The average Bonchev–Trinajstić information content (AvgIpc) is 2.65. The van der Waals surface area contributed by atoms with Gasteiger partial charge in [-0.1, -0.05) is 23.7 Å². The van der Waals surface area contributed by atoms with Crippen LogP contribution in [0.2, 0.25) is 5.02 Å². The van der Waals surface area contributed by atoms with E-state index in [4.69, 9.17) is 16.3 Å². The zero-order valence-corrected chi connectivity index (χ0v) is 14.3. The topological polar surface area (TPSA) is 64.6 Å². The maximum absolute atomic E-state index is 12.3. The van der Waals surface area contributed by atoms with Crippen molar-refractivity contribution >= 4 is 29.6 Å². The van der Waals surface area contributed by atoms with Gasteiger partial charge in [0, 0.05) is 17.1 Å². The molecule has 0 spiro atoms. The van der Waals surface area contributed by atoms with Gasteiger partial charge in [-0.2, -0.15) is 0 Å². The van der Waals surface area contributed by atoms with Crippen LogP contribution < -0.4 is 10.1 Å². The van der Waals surface area contributed by atoms with Gasteiger partial charge in [0.15, 0.2) is 0 Å². The number of rotatable bonds is 4. The summed E-state index contributed by atoms with van der Waals surface area (Å²) in [4.78, 5) is 23.7. The number of nitrogens with one attached hydrogen (secondary N) is 1. The molecule has 0 radical (unpaired) electrons. The van der Waals surface area contributed by atoms with Crippen LogP contribution >= 0.6 is 11.6 Å². The molecule has 1 N–H and O–H groups in total. The number of carbonyl (C=O) groups is 2. The number of esters is 1. The first-order valence-corrected chi connectivity index (χ1v) is 8.03. The van der Waals surface area contributed by atoms with Crippen LogP contribution in [-0.4, -0.2) is 25.6 Å². The standard InChI is InChI=1S/C19H16ClNO4/c1-24-19(23)13-4-2-12(3-5-13)10-21-18(22)15-8-14-9-16(20)6-7-17(14)25-11-15/h2-9H,10-11H2,1H3,(H,21,22). The van der Waals surface area contributed by atoms with Crippen LogP contribution in [0.25, 0.3) is 6.08 Å². The van der Waals surface area contributed by atoms with E-state index in [1.54, 1.807) is 48.5 Å². The van der Waals surface area contributed by atoms with Crippen molar-refractivity contribution in [2.45, 2.75) is 6.54 Å². The van der Waals surface area contributed by atoms with Crippen molar-refractivity contribution in [1.29, 1.82) is 0 Å². The van der Waals surface area contributed by atoms with Crippen LogP contribution in [0.4, 0.5) is 0 Å². The minimum atomic E-state index is -0.391.